The van der Waals surface area contributed by atoms with Crippen LogP contribution in [0.25, 0.3) is 4.91 Å². The number of benzene rings is 2. The molecule has 0 radical (unpaired) electrons. The summed E-state index contributed by atoms with van der Waals surface area (Å²) in [5.41, 5.74) is 2.81. The van der Waals surface area contributed by atoms with Gasteiger partial charge in [-0.05, 0) is 67.9 Å². The Morgan fingerprint density at radius 2 is 1.87 bits per heavy atom. The van der Waals surface area contributed by atoms with E-state index in [0.717, 1.165) is 36.2 Å². The molecule has 0 amide bonds. The van der Waals surface area contributed by atoms with Gasteiger partial charge in [0.1, 0.15) is 5.75 Å². The minimum absolute atomic E-state index is 0.0828. The molecule has 2 aromatic rings. The van der Waals surface area contributed by atoms with Gasteiger partial charge in [-0.25, -0.2) is 8.42 Å². The quantitative estimate of drug-likeness (QED) is 0.458. The zero-order chi connectivity index (χ0) is 22.5. The third-order valence-corrected chi connectivity index (χ3v) is 7.04. The zero-order valence-electron chi connectivity index (χ0n) is 17.4. The van der Waals surface area contributed by atoms with Gasteiger partial charge in [0.25, 0.3) is 10.0 Å². The predicted molar refractivity (Wildman–Crippen MR) is 129 cm³/mol. The summed E-state index contributed by atoms with van der Waals surface area (Å²) in [6.07, 6.45) is 0.773. The standard InChI is InChI=1S/C22H27ClN2O3S2/c1-6-25(5)12-11-19-14-22(26)21(13-15(19)2)24-30(27,28)20-9-7-18(8-10-20)16(3)29-17(4)23/h7-10,13-14,24,26H,3-4,6,11-12H2,1-2,5H3. The third-order valence-electron chi connectivity index (χ3n) is 4.72. The highest BCUT2D eigenvalue weighted by Crippen LogP contribution is 2.34. The molecule has 0 atom stereocenters. The normalized spacial score (nSPS) is 11.5. The lowest BCUT2D eigenvalue weighted by molar-refractivity contribution is 0.357. The first kappa shape index (κ1) is 24.3. The molecule has 2 aromatic carbocycles. The number of hydrogen-bond acceptors (Lipinski definition) is 5. The first-order valence-corrected chi connectivity index (χ1v) is 12.1. The van der Waals surface area contributed by atoms with Crippen molar-refractivity contribution in [3.05, 3.63) is 70.6 Å². The number of hydrogen-bond donors (Lipinski definition) is 2. The number of phenols is 1. The molecule has 0 saturated carbocycles. The Kier molecular flexibility index (Phi) is 8.43. The lowest BCUT2D eigenvalue weighted by Crippen LogP contribution is -2.20. The molecule has 0 aromatic heterocycles. The summed E-state index contributed by atoms with van der Waals surface area (Å²) in [5, 5.41) is 10.4. The van der Waals surface area contributed by atoms with Gasteiger partial charge in [0.2, 0.25) is 0 Å². The number of aryl methyl sites for hydroxylation is 1. The topological polar surface area (TPSA) is 69.6 Å². The van der Waals surface area contributed by atoms with Crippen molar-refractivity contribution in [2.75, 3.05) is 24.9 Å². The predicted octanol–water partition coefficient (Wildman–Crippen LogP) is 5.41. The monoisotopic (exact) mass is 466 g/mol. The third kappa shape index (κ3) is 6.54. The number of likely N-dealkylation sites (N-methyl/N-ethyl adjacent to an activating group) is 1. The summed E-state index contributed by atoms with van der Waals surface area (Å²) in [6.45, 7) is 13.3. The first-order valence-electron chi connectivity index (χ1n) is 9.39. The molecule has 0 bridgehead atoms. The van der Waals surface area contributed by atoms with Gasteiger partial charge in [-0.2, -0.15) is 0 Å². The second-order valence-corrected chi connectivity index (χ2v) is 10.5. The lowest BCUT2D eigenvalue weighted by Gasteiger charge is -2.16. The highest BCUT2D eigenvalue weighted by atomic mass is 35.5. The molecular formula is C22H27ClN2O3S2. The van der Waals surface area contributed by atoms with Gasteiger partial charge in [0.05, 0.1) is 14.9 Å². The Hall–Kier alpha value is -1.93. The van der Waals surface area contributed by atoms with Crippen molar-refractivity contribution < 1.29 is 13.5 Å². The molecule has 8 heteroatoms. The molecule has 0 saturated heterocycles. The smallest absolute Gasteiger partial charge is 0.262 e. The Morgan fingerprint density at radius 1 is 1.23 bits per heavy atom. The van der Waals surface area contributed by atoms with E-state index < -0.39 is 10.0 Å². The number of rotatable bonds is 10. The van der Waals surface area contributed by atoms with Gasteiger partial charge in [-0.15, -0.1) is 0 Å². The van der Waals surface area contributed by atoms with E-state index in [-0.39, 0.29) is 16.3 Å². The molecule has 0 aliphatic heterocycles. The second kappa shape index (κ2) is 10.4. The van der Waals surface area contributed by atoms with Crippen molar-refractivity contribution in [2.45, 2.75) is 25.2 Å². The maximum Gasteiger partial charge on any atom is 0.262 e. The van der Waals surface area contributed by atoms with Crippen molar-refractivity contribution in [3.63, 3.8) is 0 Å². The fraction of sp³-hybridized carbons (Fsp3) is 0.273. The number of phenolic OH excluding ortho intramolecular Hbond substituents is 1. The van der Waals surface area contributed by atoms with Gasteiger partial charge in [0.15, 0.2) is 0 Å². The van der Waals surface area contributed by atoms with E-state index in [2.05, 4.69) is 29.7 Å². The van der Waals surface area contributed by atoms with Gasteiger partial charge < -0.3 is 10.0 Å². The van der Waals surface area contributed by atoms with Crippen molar-refractivity contribution in [1.29, 1.82) is 0 Å². The maximum absolute atomic E-state index is 12.8. The number of sulfonamides is 1. The summed E-state index contributed by atoms with van der Waals surface area (Å²) in [5.74, 6) is -0.0969. The highest BCUT2D eigenvalue weighted by Gasteiger charge is 2.18. The largest absolute Gasteiger partial charge is 0.506 e. The van der Waals surface area contributed by atoms with Crippen LogP contribution in [0.5, 0.6) is 5.75 Å². The maximum atomic E-state index is 12.8. The van der Waals surface area contributed by atoms with E-state index in [1.54, 1.807) is 24.3 Å². The van der Waals surface area contributed by atoms with E-state index in [4.69, 9.17) is 11.6 Å². The van der Waals surface area contributed by atoms with E-state index in [9.17, 15) is 13.5 Å². The Labute approximate surface area is 188 Å². The summed E-state index contributed by atoms with van der Waals surface area (Å²) in [4.78, 5) is 2.93. The van der Waals surface area contributed by atoms with E-state index >= 15 is 0 Å². The molecule has 5 nitrogen and oxygen atoms in total. The van der Waals surface area contributed by atoms with Crippen molar-refractivity contribution in [3.8, 4) is 5.75 Å². The molecule has 0 heterocycles. The molecule has 0 unspecified atom stereocenters. The Balaban J connectivity index is 2.19. The second-order valence-electron chi connectivity index (χ2n) is 6.95. The number of thioether (sulfide) groups is 1. The molecule has 0 aliphatic carbocycles. The summed E-state index contributed by atoms with van der Waals surface area (Å²) in [7, 11) is -1.83. The van der Waals surface area contributed by atoms with Crippen LogP contribution in [0.15, 0.2) is 58.8 Å². The molecule has 0 fully saturated rings. The van der Waals surface area contributed by atoms with Gasteiger partial charge >= 0.3 is 0 Å². The molecule has 2 rings (SSSR count). The fourth-order valence-corrected chi connectivity index (χ4v) is 4.64. The average molecular weight is 467 g/mol. The number of anilines is 1. The molecular weight excluding hydrogens is 440 g/mol. The molecule has 2 N–H and O–H groups in total. The SMILES string of the molecule is C=C(Cl)SC(=C)c1ccc(S(=O)(=O)Nc2cc(C)c(CCN(C)CC)cc2O)cc1. The van der Waals surface area contributed by atoms with E-state index in [1.165, 1.54) is 23.9 Å². The van der Waals surface area contributed by atoms with Crippen LogP contribution in [-0.2, 0) is 16.4 Å². The Morgan fingerprint density at radius 3 is 2.43 bits per heavy atom. The van der Waals surface area contributed by atoms with Crippen molar-refractivity contribution >= 4 is 44.0 Å². The summed E-state index contributed by atoms with van der Waals surface area (Å²) >= 11 is 6.98. The number of aromatic hydroxyl groups is 1. The number of halogens is 1. The highest BCUT2D eigenvalue weighted by molar-refractivity contribution is 8.13. The zero-order valence-corrected chi connectivity index (χ0v) is 19.8. The van der Waals surface area contributed by atoms with Crippen LogP contribution in [-0.4, -0.2) is 38.6 Å². The van der Waals surface area contributed by atoms with Gasteiger partial charge in [-0.3, -0.25) is 4.72 Å². The van der Waals surface area contributed by atoms with Crippen molar-refractivity contribution in [1.82, 2.24) is 4.90 Å². The molecule has 162 valence electrons. The van der Waals surface area contributed by atoms with Crippen LogP contribution in [0.4, 0.5) is 5.69 Å². The van der Waals surface area contributed by atoms with Crippen LogP contribution in [0, 0.1) is 6.92 Å². The van der Waals surface area contributed by atoms with Crippen molar-refractivity contribution in [2.24, 2.45) is 0 Å². The summed E-state index contributed by atoms with van der Waals surface area (Å²) in [6, 6.07) is 9.57. The Bertz CT molecular complexity index is 1040. The minimum Gasteiger partial charge on any atom is -0.506 e. The minimum atomic E-state index is -3.86. The van der Waals surface area contributed by atoms with Crippen LogP contribution in [0.1, 0.15) is 23.6 Å². The van der Waals surface area contributed by atoms with Crippen LogP contribution in [0.2, 0.25) is 0 Å². The fourth-order valence-electron chi connectivity index (χ4n) is 2.78. The number of nitrogens with zero attached hydrogens (tertiary/aromatic N) is 1. The van der Waals surface area contributed by atoms with Crippen LogP contribution in [0.3, 0.4) is 0 Å². The molecule has 0 aliphatic rings. The van der Waals surface area contributed by atoms with Gasteiger partial charge in [-0.1, -0.05) is 55.6 Å². The molecule has 0 spiro atoms. The van der Waals surface area contributed by atoms with Crippen LogP contribution >= 0.6 is 23.4 Å². The average Bonchev–Trinajstić information content (AvgIpc) is 2.68. The molecule has 30 heavy (non-hydrogen) atoms. The first-order chi connectivity index (χ1) is 14.0. The van der Waals surface area contributed by atoms with E-state index in [0.29, 0.717) is 9.27 Å². The lowest BCUT2D eigenvalue weighted by atomic mass is 10.0. The summed E-state index contributed by atoms with van der Waals surface area (Å²) < 4.78 is 28.4. The van der Waals surface area contributed by atoms with Crippen LogP contribution < -0.4 is 4.72 Å². The number of nitrogens with one attached hydrogen (secondary N) is 1. The van der Waals surface area contributed by atoms with Gasteiger partial charge in [0, 0.05) is 11.4 Å². The van der Waals surface area contributed by atoms with E-state index in [1.807, 2.05) is 14.0 Å².